The van der Waals surface area contributed by atoms with Crippen molar-refractivity contribution in [3.63, 3.8) is 0 Å². The number of hydrogen-bond donors (Lipinski definition) is 1. The zero-order valence-corrected chi connectivity index (χ0v) is 14.7. The molecule has 1 aliphatic heterocycles. The van der Waals surface area contributed by atoms with Gasteiger partial charge in [0.1, 0.15) is 11.8 Å². The summed E-state index contributed by atoms with van der Waals surface area (Å²) in [5, 5.41) is 2.70. The third-order valence-corrected chi connectivity index (χ3v) is 4.31. The van der Waals surface area contributed by atoms with E-state index in [2.05, 4.69) is 24.1 Å². The second-order valence-electron chi connectivity index (χ2n) is 6.21. The van der Waals surface area contributed by atoms with E-state index in [1.807, 2.05) is 30.3 Å². The van der Waals surface area contributed by atoms with Gasteiger partial charge in [0.15, 0.2) is 0 Å². The third-order valence-electron chi connectivity index (χ3n) is 4.31. The first kappa shape index (κ1) is 18.3. The van der Waals surface area contributed by atoms with Crippen molar-refractivity contribution in [3.05, 3.63) is 30.3 Å². The molecule has 2 amide bonds. The van der Waals surface area contributed by atoms with Gasteiger partial charge in [0.05, 0.1) is 13.0 Å². The number of amides is 2. The molecule has 1 aromatic rings. The third kappa shape index (κ3) is 4.71. The molecule has 132 valence electrons. The first-order valence-corrected chi connectivity index (χ1v) is 8.46. The highest BCUT2D eigenvalue weighted by Crippen LogP contribution is 2.15. The molecule has 0 aromatic heterocycles. The second kappa shape index (κ2) is 8.68. The Balaban J connectivity index is 1.87. The number of benzene rings is 1. The number of carbonyl (C=O) groups excluding carboxylic acids is 2. The molecule has 1 atom stereocenters. The van der Waals surface area contributed by atoms with Crippen LogP contribution < -0.4 is 10.1 Å². The molecule has 6 heteroatoms. The monoisotopic (exact) mass is 333 g/mol. The normalized spacial score (nSPS) is 18.5. The SMILES string of the molecule is CNC(=O)[C@H]1CN(C(=O)CCOc2ccccc2)CCN1C(C)C. The largest absolute Gasteiger partial charge is 0.493 e. The molecule has 0 bridgehead atoms. The van der Waals surface area contributed by atoms with Crippen molar-refractivity contribution in [2.45, 2.75) is 32.4 Å². The summed E-state index contributed by atoms with van der Waals surface area (Å²) in [4.78, 5) is 28.5. The predicted molar refractivity (Wildman–Crippen MR) is 92.8 cm³/mol. The van der Waals surface area contributed by atoms with E-state index in [0.29, 0.717) is 32.7 Å². The first-order valence-electron chi connectivity index (χ1n) is 8.46. The maximum atomic E-state index is 12.4. The van der Waals surface area contributed by atoms with Gasteiger partial charge in [-0.2, -0.15) is 0 Å². The highest BCUT2D eigenvalue weighted by Gasteiger charge is 2.34. The number of ether oxygens (including phenoxy) is 1. The zero-order chi connectivity index (χ0) is 17.5. The maximum Gasteiger partial charge on any atom is 0.238 e. The van der Waals surface area contributed by atoms with E-state index in [-0.39, 0.29) is 23.9 Å². The number of hydrogen-bond acceptors (Lipinski definition) is 4. The molecule has 0 saturated carbocycles. The molecule has 0 unspecified atom stereocenters. The maximum absolute atomic E-state index is 12.4. The van der Waals surface area contributed by atoms with E-state index < -0.39 is 0 Å². The number of likely N-dealkylation sites (N-methyl/N-ethyl adjacent to an activating group) is 1. The molecule has 1 fully saturated rings. The number of nitrogens with zero attached hydrogens (tertiary/aromatic N) is 2. The Morgan fingerprint density at radius 3 is 2.58 bits per heavy atom. The summed E-state index contributed by atoms with van der Waals surface area (Å²) < 4.78 is 5.59. The van der Waals surface area contributed by atoms with Crippen molar-refractivity contribution in [2.24, 2.45) is 0 Å². The van der Waals surface area contributed by atoms with Crippen molar-refractivity contribution in [1.82, 2.24) is 15.1 Å². The van der Waals surface area contributed by atoms with Gasteiger partial charge in [0, 0.05) is 32.7 Å². The predicted octanol–water partition coefficient (Wildman–Crippen LogP) is 1.12. The van der Waals surface area contributed by atoms with Gasteiger partial charge < -0.3 is 15.0 Å². The Bertz CT molecular complexity index is 548. The first-order chi connectivity index (χ1) is 11.5. The lowest BCUT2D eigenvalue weighted by molar-refractivity contribution is -0.139. The summed E-state index contributed by atoms with van der Waals surface area (Å²) in [6.45, 7) is 6.28. The summed E-state index contributed by atoms with van der Waals surface area (Å²) in [7, 11) is 1.63. The van der Waals surface area contributed by atoms with Crippen LogP contribution in [0.1, 0.15) is 20.3 Å². The van der Waals surface area contributed by atoms with Gasteiger partial charge in [-0.3, -0.25) is 14.5 Å². The summed E-state index contributed by atoms with van der Waals surface area (Å²) in [6.07, 6.45) is 0.317. The number of carbonyl (C=O) groups is 2. The highest BCUT2D eigenvalue weighted by atomic mass is 16.5. The minimum absolute atomic E-state index is 0.0308. The number of nitrogens with one attached hydrogen (secondary N) is 1. The van der Waals surface area contributed by atoms with Crippen LogP contribution in [0.3, 0.4) is 0 Å². The van der Waals surface area contributed by atoms with E-state index in [9.17, 15) is 9.59 Å². The Kier molecular flexibility index (Phi) is 6.61. The zero-order valence-electron chi connectivity index (χ0n) is 14.7. The average Bonchev–Trinajstić information content (AvgIpc) is 2.61. The Hall–Kier alpha value is -2.08. The van der Waals surface area contributed by atoms with Crippen molar-refractivity contribution in [3.8, 4) is 5.75 Å². The van der Waals surface area contributed by atoms with Crippen LogP contribution in [0.5, 0.6) is 5.75 Å². The van der Waals surface area contributed by atoms with Crippen LogP contribution in [-0.4, -0.2) is 67.0 Å². The standard InChI is InChI=1S/C18H27N3O3/c1-14(2)21-11-10-20(13-16(21)18(23)19-3)17(22)9-12-24-15-7-5-4-6-8-15/h4-8,14,16H,9-13H2,1-3H3,(H,19,23)/t16-/m1/s1. The van der Waals surface area contributed by atoms with Crippen LogP contribution >= 0.6 is 0 Å². The van der Waals surface area contributed by atoms with E-state index in [1.165, 1.54) is 0 Å². The van der Waals surface area contributed by atoms with Crippen LogP contribution in [0.4, 0.5) is 0 Å². The fourth-order valence-electron chi connectivity index (χ4n) is 2.97. The van der Waals surface area contributed by atoms with E-state index in [4.69, 9.17) is 4.74 Å². The number of piperazine rings is 1. The van der Waals surface area contributed by atoms with Crippen LogP contribution in [0.2, 0.25) is 0 Å². The Morgan fingerprint density at radius 1 is 1.25 bits per heavy atom. The van der Waals surface area contributed by atoms with Gasteiger partial charge in [-0.15, -0.1) is 0 Å². The molecule has 0 radical (unpaired) electrons. The van der Waals surface area contributed by atoms with E-state index in [0.717, 1.165) is 5.75 Å². The molecule has 1 aliphatic rings. The molecule has 2 rings (SSSR count). The second-order valence-corrected chi connectivity index (χ2v) is 6.21. The van der Waals surface area contributed by atoms with E-state index in [1.54, 1.807) is 11.9 Å². The Labute approximate surface area is 143 Å². The van der Waals surface area contributed by atoms with Crippen molar-refractivity contribution >= 4 is 11.8 Å². The molecule has 1 aromatic carbocycles. The highest BCUT2D eigenvalue weighted by molar-refractivity contribution is 5.83. The van der Waals surface area contributed by atoms with Gasteiger partial charge in [-0.25, -0.2) is 0 Å². The van der Waals surface area contributed by atoms with Crippen molar-refractivity contribution in [2.75, 3.05) is 33.3 Å². The molecule has 1 heterocycles. The molecule has 0 aliphatic carbocycles. The fraction of sp³-hybridized carbons (Fsp3) is 0.556. The average molecular weight is 333 g/mol. The molecular weight excluding hydrogens is 306 g/mol. The van der Waals surface area contributed by atoms with Gasteiger partial charge in [0.2, 0.25) is 11.8 Å². The number of rotatable bonds is 6. The lowest BCUT2D eigenvalue weighted by Gasteiger charge is -2.42. The van der Waals surface area contributed by atoms with Gasteiger partial charge in [0.25, 0.3) is 0 Å². The molecular formula is C18H27N3O3. The van der Waals surface area contributed by atoms with Crippen molar-refractivity contribution in [1.29, 1.82) is 0 Å². The lowest BCUT2D eigenvalue weighted by atomic mass is 10.1. The molecule has 6 nitrogen and oxygen atoms in total. The summed E-state index contributed by atoms with van der Waals surface area (Å²) >= 11 is 0. The lowest BCUT2D eigenvalue weighted by Crippen LogP contribution is -2.61. The number of para-hydroxylation sites is 1. The van der Waals surface area contributed by atoms with Crippen LogP contribution in [-0.2, 0) is 9.59 Å². The van der Waals surface area contributed by atoms with Gasteiger partial charge in [-0.1, -0.05) is 18.2 Å². The summed E-state index contributed by atoms with van der Waals surface area (Å²) in [6, 6.07) is 9.44. The Morgan fingerprint density at radius 2 is 1.96 bits per heavy atom. The quantitative estimate of drug-likeness (QED) is 0.847. The molecule has 0 spiro atoms. The molecule has 1 saturated heterocycles. The summed E-state index contributed by atoms with van der Waals surface area (Å²) in [5.74, 6) is 0.753. The van der Waals surface area contributed by atoms with Crippen molar-refractivity contribution < 1.29 is 14.3 Å². The summed E-state index contributed by atoms with van der Waals surface area (Å²) in [5.41, 5.74) is 0. The van der Waals surface area contributed by atoms with Crippen LogP contribution in [0, 0.1) is 0 Å². The van der Waals surface area contributed by atoms with Gasteiger partial charge >= 0.3 is 0 Å². The van der Waals surface area contributed by atoms with Crippen LogP contribution in [0.15, 0.2) is 30.3 Å². The molecule has 1 N–H and O–H groups in total. The fourth-order valence-corrected chi connectivity index (χ4v) is 2.97. The molecule has 24 heavy (non-hydrogen) atoms. The smallest absolute Gasteiger partial charge is 0.238 e. The van der Waals surface area contributed by atoms with E-state index >= 15 is 0 Å². The topological polar surface area (TPSA) is 61.9 Å². The van der Waals surface area contributed by atoms with Crippen LogP contribution in [0.25, 0.3) is 0 Å². The van der Waals surface area contributed by atoms with Gasteiger partial charge in [-0.05, 0) is 26.0 Å². The minimum Gasteiger partial charge on any atom is -0.493 e. The minimum atomic E-state index is -0.289.